The Morgan fingerprint density at radius 3 is 1.76 bits per heavy atom. The second-order valence-electron chi connectivity index (χ2n) is 10.8. The number of hydrogen-bond donors (Lipinski definition) is 1. The lowest BCUT2D eigenvalue weighted by atomic mass is 9.64. The van der Waals surface area contributed by atoms with Gasteiger partial charge in [-0.15, -0.1) is 0 Å². The van der Waals surface area contributed by atoms with Crippen LogP contribution < -0.4 is 9.80 Å². The minimum Gasteiger partial charge on any atom is -0.465 e. The first-order valence-electron chi connectivity index (χ1n) is 13.1. The van der Waals surface area contributed by atoms with E-state index in [4.69, 9.17) is 0 Å². The highest BCUT2D eigenvalue weighted by Crippen LogP contribution is 2.54. The fraction of sp³-hybridized carbons (Fsp3) is 0.387. The topological polar surface area (TPSA) is 43.8 Å². The molecule has 0 unspecified atom stereocenters. The highest BCUT2D eigenvalue weighted by molar-refractivity contribution is 5.88. The number of carbonyl (C=O) groups is 1. The molecule has 0 radical (unpaired) electrons. The highest BCUT2D eigenvalue weighted by Gasteiger charge is 2.45. The fourth-order valence-corrected chi connectivity index (χ4v) is 6.17. The second kappa shape index (κ2) is 9.47. The summed E-state index contributed by atoms with van der Waals surface area (Å²) in [5.74, 6) is -0.554. The number of rotatable bonds is 6. The maximum atomic E-state index is 13.9. The number of benzene rings is 3. The van der Waals surface area contributed by atoms with Crippen molar-refractivity contribution in [2.75, 3.05) is 29.4 Å². The first-order valence-corrected chi connectivity index (χ1v) is 13.1. The van der Waals surface area contributed by atoms with Crippen LogP contribution in [0.2, 0.25) is 0 Å². The molecule has 2 atom stereocenters. The minimum absolute atomic E-state index is 0.277. The van der Waals surface area contributed by atoms with E-state index in [0.29, 0.717) is 12.2 Å². The molecule has 0 fully saturated rings. The molecule has 0 aromatic heterocycles. The standard InChI is InChI=1S/C31H34F2N2O2/c1-4-5-16-35(29(36)37)25-19-26-28-27(20-25)31(3,22-8-12-24(33)13-9-22)15-18-34(28)17-14-30(26,2)21-6-10-23(32)11-7-21/h6-13,19-20H,4-5,14-18H2,1-3H3,(H,36,37)/t30-,31-/m0/s1. The van der Waals surface area contributed by atoms with Gasteiger partial charge in [-0.05, 0) is 77.9 Å². The van der Waals surface area contributed by atoms with Gasteiger partial charge in [-0.1, -0.05) is 51.5 Å². The fourth-order valence-electron chi connectivity index (χ4n) is 6.17. The van der Waals surface area contributed by atoms with Crippen LogP contribution in [-0.2, 0) is 10.8 Å². The van der Waals surface area contributed by atoms with E-state index in [9.17, 15) is 18.7 Å². The van der Waals surface area contributed by atoms with Crippen molar-refractivity contribution in [3.63, 3.8) is 0 Å². The van der Waals surface area contributed by atoms with Gasteiger partial charge in [-0.2, -0.15) is 0 Å². The molecule has 3 aromatic rings. The number of hydrogen-bond acceptors (Lipinski definition) is 2. The Kier molecular flexibility index (Phi) is 6.47. The molecule has 0 bridgehead atoms. The van der Waals surface area contributed by atoms with Crippen LogP contribution in [0.3, 0.4) is 0 Å². The van der Waals surface area contributed by atoms with Crippen molar-refractivity contribution in [3.8, 4) is 0 Å². The molecular weight excluding hydrogens is 470 g/mol. The lowest BCUT2D eigenvalue weighted by Crippen LogP contribution is -2.47. The number of halogens is 2. The van der Waals surface area contributed by atoms with Gasteiger partial charge in [0.1, 0.15) is 11.6 Å². The molecule has 3 aromatic carbocycles. The van der Waals surface area contributed by atoms with Crippen LogP contribution in [0, 0.1) is 11.6 Å². The molecule has 0 spiro atoms. The van der Waals surface area contributed by atoms with E-state index in [2.05, 4.69) is 18.7 Å². The molecule has 0 saturated heterocycles. The Hall–Kier alpha value is -3.41. The molecule has 0 saturated carbocycles. The molecule has 194 valence electrons. The van der Waals surface area contributed by atoms with E-state index >= 15 is 0 Å². The summed E-state index contributed by atoms with van der Waals surface area (Å²) < 4.78 is 27.7. The zero-order valence-electron chi connectivity index (χ0n) is 21.7. The van der Waals surface area contributed by atoms with Crippen molar-refractivity contribution >= 4 is 17.5 Å². The Labute approximate surface area is 217 Å². The number of amides is 1. The summed E-state index contributed by atoms with van der Waals surface area (Å²) in [6, 6.07) is 17.4. The Bertz CT molecular complexity index is 1220. The summed E-state index contributed by atoms with van der Waals surface area (Å²) in [7, 11) is 0. The molecule has 2 heterocycles. The summed E-state index contributed by atoms with van der Waals surface area (Å²) >= 11 is 0. The van der Waals surface area contributed by atoms with Crippen LogP contribution in [0.15, 0.2) is 60.7 Å². The maximum absolute atomic E-state index is 13.9. The lowest BCUT2D eigenvalue weighted by Gasteiger charge is -2.50. The van der Waals surface area contributed by atoms with Crippen LogP contribution in [0.1, 0.15) is 68.7 Å². The van der Waals surface area contributed by atoms with E-state index in [1.165, 1.54) is 29.2 Å². The van der Waals surface area contributed by atoms with Crippen LogP contribution in [0.5, 0.6) is 0 Å². The molecule has 4 nitrogen and oxygen atoms in total. The van der Waals surface area contributed by atoms with Gasteiger partial charge in [0.15, 0.2) is 0 Å². The monoisotopic (exact) mass is 504 g/mol. The first kappa shape index (κ1) is 25.2. The maximum Gasteiger partial charge on any atom is 0.411 e. The van der Waals surface area contributed by atoms with Gasteiger partial charge in [0.25, 0.3) is 0 Å². The van der Waals surface area contributed by atoms with Gasteiger partial charge in [0.05, 0.1) is 0 Å². The highest BCUT2D eigenvalue weighted by atomic mass is 19.1. The predicted octanol–water partition coefficient (Wildman–Crippen LogP) is 7.48. The average Bonchev–Trinajstić information content (AvgIpc) is 2.88. The van der Waals surface area contributed by atoms with Gasteiger partial charge in [-0.25, -0.2) is 13.6 Å². The smallest absolute Gasteiger partial charge is 0.411 e. The molecule has 1 amide bonds. The Balaban J connectivity index is 1.78. The van der Waals surface area contributed by atoms with Crippen molar-refractivity contribution in [1.29, 1.82) is 0 Å². The predicted molar refractivity (Wildman–Crippen MR) is 144 cm³/mol. The van der Waals surface area contributed by atoms with E-state index in [0.717, 1.165) is 66.7 Å². The third kappa shape index (κ3) is 4.26. The average molecular weight is 505 g/mol. The summed E-state index contributed by atoms with van der Waals surface area (Å²) in [6.07, 6.45) is 2.34. The SMILES string of the molecule is CCCCN(C(=O)O)c1cc2c3c(c1)[C@](C)(c1ccc(F)cc1)CCN3CC[C@@]2(C)c1ccc(F)cc1. The van der Waals surface area contributed by atoms with Crippen LogP contribution in [0.4, 0.5) is 25.0 Å². The molecule has 37 heavy (non-hydrogen) atoms. The third-order valence-corrected chi connectivity index (χ3v) is 8.60. The summed E-state index contributed by atoms with van der Waals surface area (Å²) in [5, 5.41) is 10.2. The van der Waals surface area contributed by atoms with Crippen molar-refractivity contribution < 1.29 is 18.7 Å². The van der Waals surface area contributed by atoms with E-state index < -0.39 is 16.9 Å². The van der Waals surface area contributed by atoms with Gasteiger partial charge in [-0.3, -0.25) is 4.90 Å². The van der Waals surface area contributed by atoms with Crippen molar-refractivity contribution in [2.45, 2.75) is 57.3 Å². The molecule has 6 heteroatoms. The molecule has 2 aliphatic heterocycles. The van der Waals surface area contributed by atoms with Crippen LogP contribution in [-0.4, -0.2) is 30.8 Å². The minimum atomic E-state index is -0.976. The molecule has 0 aliphatic carbocycles. The number of anilines is 2. The Morgan fingerprint density at radius 2 is 1.35 bits per heavy atom. The molecule has 2 aliphatic rings. The van der Waals surface area contributed by atoms with E-state index in [1.54, 1.807) is 0 Å². The van der Waals surface area contributed by atoms with Gasteiger partial charge in [0.2, 0.25) is 0 Å². The van der Waals surface area contributed by atoms with Gasteiger partial charge in [0, 0.05) is 41.8 Å². The third-order valence-electron chi connectivity index (χ3n) is 8.60. The van der Waals surface area contributed by atoms with Gasteiger partial charge < -0.3 is 10.0 Å². The van der Waals surface area contributed by atoms with Crippen LogP contribution in [0.25, 0.3) is 0 Å². The summed E-state index contributed by atoms with van der Waals surface area (Å²) in [4.78, 5) is 16.3. The number of carboxylic acid groups (broad SMARTS) is 1. The normalized spacial score (nSPS) is 22.5. The van der Waals surface area contributed by atoms with Crippen LogP contribution >= 0.6 is 0 Å². The zero-order valence-corrected chi connectivity index (χ0v) is 21.7. The van der Waals surface area contributed by atoms with Crippen molar-refractivity contribution in [1.82, 2.24) is 0 Å². The summed E-state index contributed by atoms with van der Waals surface area (Å²) in [6.45, 7) is 8.52. The zero-order chi connectivity index (χ0) is 26.4. The first-order chi connectivity index (χ1) is 17.7. The molecule has 1 N–H and O–H groups in total. The van der Waals surface area contributed by atoms with Gasteiger partial charge >= 0.3 is 6.09 Å². The lowest BCUT2D eigenvalue weighted by molar-refractivity contribution is 0.201. The quantitative estimate of drug-likeness (QED) is 0.379. The summed E-state index contributed by atoms with van der Waals surface area (Å²) in [5.41, 5.74) is 5.10. The number of unbranched alkanes of at least 4 members (excludes halogenated alkanes) is 1. The van der Waals surface area contributed by atoms with Crippen molar-refractivity contribution in [3.05, 3.63) is 94.6 Å². The Morgan fingerprint density at radius 1 is 0.892 bits per heavy atom. The van der Waals surface area contributed by atoms with Crippen molar-refractivity contribution in [2.24, 2.45) is 0 Å². The largest absolute Gasteiger partial charge is 0.465 e. The second-order valence-corrected chi connectivity index (χ2v) is 10.8. The molecule has 5 rings (SSSR count). The van der Waals surface area contributed by atoms with E-state index in [-0.39, 0.29) is 11.6 Å². The van der Waals surface area contributed by atoms with E-state index in [1.807, 2.05) is 43.3 Å². The molecular formula is C31H34F2N2O2. The number of nitrogens with zero attached hydrogens (tertiary/aromatic N) is 2.